The van der Waals surface area contributed by atoms with Gasteiger partial charge in [-0.25, -0.2) is 0 Å². The molecular formula is C18H24O4-2. The van der Waals surface area contributed by atoms with Crippen molar-refractivity contribution in [3.8, 4) is 0 Å². The fourth-order valence-corrected chi connectivity index (χ4v) is 2.62. The minimum absolute atomic E-state index is 0.000370. The summed E-state index contributed by atoms with van der Waals surface area (Å²) < 4.78 is 0. The molecular weight excluding hydrogens is 280 g/mol. The molecule has 0 aromatic heterocycles. The van der Waals surface area contributed by atoms with Crippen molar-refractivity contribution in [2.75, 3.05) is 0 Å². The summed E-state index contributed by atoms with van der Waals surface area (Å²) in [5.74, 6) is -2.70. The Kier molecular flexibility index (Phi) is 5.06. The maximum atomic E-state index is 11.8. The molecule has 0 radical (unpaired) electrons. The third-order valence-electron chi connectivity index (χ3n) is 4.80. The van der Waals surface area contributed by atoms with Crippen molar-refractivity contribution in [1.29, 1.82) is 0 Å². The summed E-state index contributed by atoms with van der Waals surface area (Å²) in [6.45, 7) is 11.4. The van der Waals surface area contributed by atoms with Crippen LogP contribution in [0, 0.1) is 0 Å². The summed E-state index contributed by atoms with van der Waals surface area (Å²) in [5, 5.41) is 23.3. The summed E-state index contributed by atoms with van der Waals surface area (Å²) in [4.78, 5) is 23.3. The number of carbonyl (C=O) groups is 2. The van der Waals surface area contributed by atoms with Crippen LogP contribution in [0.2, 0.25) is 0 Å². The maximum Gasteiger partial charge on any atom is 0.0721 e. The Balaban J connectivity index is 3.93. The van der Waals surface area contributed by atoms with E-state index in [-0.39, 0.29) is 11.1 Å². The molecule has 0 heterocycles. The van der Waals surface area contributed by atoms with Gasteiger partial charge in [-0.15, -0.1) is 0 Å². The largest absolute Gasteiger partial charge is 0.545 e. The minimum atomic E-state index is -1.36. The van der Waals surface area contributed by atoms with Crippen LogP contribution in [0.15, 0.2) is 12.1 Å². The summed E-state index contributed by atoms with van der Waals surface area (Å²) >= 11 is 0. The number of rotatable bonds is 6. The van der Waals surface area contributed by atoms with Gasteiger partial charge in [0.2, 0.25) is 0 Å². The highest BCUT2D eigenvalue weighted by atomic mass is 16.4. The van der Waals surface area contributed by atoms with E-state index >= 15 is 0 Å². The van der Waals surface area contributed by atoms with Crippen LogP contribution in [-0.4, -0.2) is 11.9 Å². The van der Waals surface area contributed by atoms with Crippen molar-refractivity contribution in [2.24, 2.45) is 0 Å². The fraction of sp³-hybridized carbons (Fsp3) is 0.556. The van der Waals surface area contributed by atoms with Crippen LogP contribution in [-0.2, 0) is 10.8 Å². The second-order valence-electron chi connectivity index (χ2n) is 6.96. The van der Waals surface area contributed by atoms with Gasteiger partial charge in [0, 0.05) is 11.1 Å². The fourth-order valence-electron chi connectivity index (χ4n) is 2.62. The van der Waals surface area contributed by atoms with E-state index in [1.165, 1.54) is 6.07 Å². The third-order valence-corrected chi connectivity index (χ3v) is 4.80. The van der Waals surface area contributed by atoms with Gasteiger partial charge in [-0.3, -0.25) is 0 Å². The lowest BCUT2D eigenvalue weighted by atomic mass is 9.71. The third kappa shape index (κ3) is 3.16. The average Bonchev–Trinajstić information content (AvgIpc) is 2.45. The Hall–Kier alpha value is -1.84. The molecule has 0 aliphatic carbocycles. The van der Waals surface area contributed by atoms with Gasteiger partial charge in [-0.2, -0.15) is 0 Å². The topological polar surface area (TPSA) is 80.3 Å². The van der Waals surface area contributed by atoms with E-state index in [2.05, 4.69) is 0 Å². The molecule has 0 amide bonds. The van der Waals surface area contributed by atoms with Gasteiger partial charge in [0.15, 0.2) is 0 Å². The molecule has 0 fully saturated rings. The summed E-state index contributed by atoms with van der Waals surface area (Å²) in [5.41, 5.74) is -0.157. The van der Waals surface area contributed by atoms with E-state index in [1.807, 2.05) is 41.5 Å². The monoisotopic (exact) mass is 304 g/mol. The molecule has 0 atom stereocenters. The Morgan fingerprint density at radius 3 is 1.77 bits per heavy atom. The highest BCUT2D eigenvalue weighted by Crippen LogP contribution is 2.38. The number of hydrogen-bond donors (Lipinski definition) is 0. The van der Waals surface area contributed by atoms with E-state index in [0.29, 0.717) is 17.5 Å². The Morgan fingerprint density at radius 1 is 0.909 bits per heavy atom. The first-order chi connectivity index (χ1) is 9.99. The van der Waals surface area contributed by atoms with E-state index in [9.17, 15) is 19.8 Å². The predicted octanol–water partition coefficient (Wildman–Crippen LogP) is 1.79. The number of benzene rings is 1. The molecule has 122 valence electrons. The molecule has 22 heavy (non-hydrogen) atoms. The van der Waals surface area contributed by atoms with Crippen molar-refractivity contribution >= 4 is 11.9 Å². The molecule has 0 N–H and O–H groups in total. The lowest BCUT2D eigenvalue weighted by molar-refractivity contribution is -0.255. The first kappa shape index (κ1) is 18.2. The summed E-state index contributed by atoms with van der Waals surface area (Å²) in [6, 6.07) is 3.04. The van der Waals surface area contributed by atoms with Gasteiger partial charge in [0.05, 0.1) is 11.9 Å². The van der Waals surface area contributed by atoms with Crippen LogP contribution in [0.1, 0.15) is 86.2 Å². The van der Waals surface area contributed by atoms with Crippen molar-refractivity contribution in [2.45, 2.75) is 65.2 Å². The van der Waals surface area contributed by atoms with E-state index in [0.717, 1.165) is 6.42 Å². The molecule has 1 rings (SSSR count). The first-order valence-corrected chi connectivity index (χ1v) is 7.60. The number of hydrogen-bond acceptors (Lipinski definition) is 4. The predicted molar refractivity (Wildman–Crippen MR) is 81.7 cm³/mol. The van der Waals surface area contributed by atoms with E-state index in [4.69, 9.17) is 0 Å². The molecule has 0 unspecified atom stereocenters. The zero-order valence-electron chi connectivity index (χ0n) is 14.2. The number of carboxylic acids is 2. The van der Waals surface area contributed by atoms with Crippen molar-refractivity contribution in [3.63, 3.8) is 0 Å². The second kappa shape index (κ2) is 6.11. The van der Waals surface area contributed by atoms with E-state index in [1.54, 1.807) is 6.07 Å². The highest BCUT2D eigenvalue weighted by molar-refractivity contribution is 5.97. The van der Waals surface area contributed by atoms with E-state index < -0.39 is 22.8 Å². The number of aromatic carboxylic acids is 2. The van der Waals surface area contributed by atoms with Crippen molar-refractivity contribution in [1.82, 2.24) is 0 Å². The van der Waals surface area contributed by atoms with Gasteiger partial charge in [-0.05, 0) is 34.8 Å². The average molecular weight is 304 g/mol. The molecule has 0 aliphatic rings. The van der Waals surface area contributed by atoms with Gasteiger partial charge in [0.1, 0.15) is 0 Å². The normalized spacial score (nSPS) is 12.3. The standard InChI is InChI=1S/C18H26O4/c1-7-17(3,4)12-10-9-11(15(19)20)14(13(12)16(21)22)18(5,6)8-2/h9-10H,7-8H2,1-6H3,(H,19,20)(H,21,22)/p-2. The molecule has 0 saturated heterocycles. The molecule has 1 aromatic carbocycles. The molecule has 4 heteroatoms. The van der Waals surface area contributed by atoms with Crippen LogP contribution in [0.5, 0.6) is 0 Å². The lowest BCUT2D eigenvalue weighted by Gasteiger charge is -2.35. The van der Waals surface area contributed by atoms with Crippen LogP contribution >= 0.6 is 0 Å². The summed E-state index contributed by atoms with van der Waals surface area (Å²) in [6.07, 6.45) is 1.33. The SMILES string of the molecule is CCC(C)(C)c1ccc(C(=O)[O-])c(C(C)(C)CC)c1C(=O)[O-]. The molecule has 1 aromatic rings. The molecule has 0 saturated carbocycles. The first-order valence-electron chi connectivity index (χ1n) is 7.60. The maximum absolute atomic E-state index is 11.8. The zero-order valence-corrected chi connectivity index (χ0v) is 14.2. The van der Waals surface area contributed by atoms with Crippen LogP contribution in [0.3, 0.4) is 0 Å². The quantitative estimate of drug-likeness (QED) is 0.802. The van der Waals surface area contributed by atoms with Gasteiger partial charge in [-0.1, -0.05) is 53.7 Å². The smallest absolute Gasteiger partial charge is 0.0721 e. The molecule has 0 bridgehead atoms. The van der Waals surface area contributed by atoms with Gasteiger partial charge < -0.3 is 19.8 Å². The van der Waals surface area contributed by atoms with Crippen LogP contribution < -0.4 is 10.2 Å². The molecule has 4 nitrogen and oxygen atoms in total. The van der Waals surface area contributed by atoms with Crippen molar-refractivity contribution in [3.05, 3.63) is 34.4 Å². The Morgan fingerprint density at radius 2 is 1.41 bits per heavy atom. The Labute approximate surface area is 132 Å². The molecule has 0 aliphatic heterocycles. The van der Waals surface area contributed by atoms with Crippen molar-refractivity contribution < 1.29 is 19.8 Å². The minimum Gasteiger partial charge on any atom is -0.545 e. The Bertz CT molecular complexity index is 597. The van der Waals surface area contributed by atoms with Crippen LogP contribution in [0.25, 0.3) is 0 Å². The highest BCUT2D eigenvalue weighted by Gasteiger charge is 2.31. The summed E-state index contributed by atoms with van der Waals surface area (Å²) in [7, 11) is 0. The molecule has 0 spiro atoms. The zero-order chi connectivity index (χ0) is 17.3. The number of carboxylic acid groups (broad SMARTS) is 2. The lowest BCUT2D eigenvalue weighted by Crippen LogP contribution is -2.36. The van der Waals surface area contributed by atoms with Gasteiger partial charge in [0.25, 0.3) is 0 Å². The van der Waals surface area contributed by atoms with Gasteiger partial charge >= 0.3 is 0 Å². The van der Waals surface area contributed by atoms with Crippen LogP contribution in [0.4, 0.5) is 0 Å². The number of carbonyl (C=O) groups excluding carboxylic acids is 2. The second-order valence-corrected chi connectivity index (χ2v) is 6.96.